The summed E-state index contributed by atoms with van der Waals surface area (Å²) in [7, 11) is 1.33. The van der Waals surface area contributed by atoms with Crippen LogP contribution in [-0.2, 0) is 20.9 Å². The van der Waals surface area contributed by atoms with Gasteiger partial charge in [0.2, 0.25) is 0 Å². The molecule has 1 aliphatic carbocycles. The van der Waals surface area contributed by atoms with Crippen molar-refractivity contribution in [1.29, 1.82) is 0 Å². The molecular formula is C14H16F2O2. The number of hydrogen-bond acceptors (Lipinski definition) is 2. The van der Waals surface area contributed by atoms with E-state index < -0.39 is 11.3 Å². The van der Waals surface area contributed by atoms with Gasteiger partial charge in [0.1, 0.15) is 0 Å². The highest BCUT2D eigenvalue weighted by atomic mass is 19.3. The minimum Gasteiger partial charge on any atom is -0.468 e. The van der Waals surface area contributed by atoms with Crippen molar-refractivity contribution in [2.75, 3.05) is 7.11 Å². The van der Waals surface area contributed by atoms with Crippen LogP contribution in [0.4, 0.5) is 8.78 Å². The van der Waals surface area contributed by atoms with Crippen molar-refractivity contribution >= 4 is 5.97 Å². The molecule has 1 saturated carbocycles. The number of hydrogen-bond donors (Lipinski definition) is 0. The fraction of sp³-hybridized carbons (Fsp3) is 0.500. The number of carbonyl (C=O) groups is 1. The Hall–Kier alpha value is -1.45. The van der Waals surface area contributed by atoms with Crippen LogP contribution >= 0.6 is 0 Å². The number of methoxy groups -OCH3 is 1. The molecule has 0 bridgehead atoms. The molecule has 0 aliphatic heterocycles. The minimum atomic E-state index is -2.85. The third-order valence-electron chi connectivity index (χ3n) is 3.61. The van der Waals surface area contributed by atoms with E-state index >= 15 is 0 Å². The highest BCUT2D eigenvalue weighted by molar-refractivity contribution is 5.86. The van der Waals surface area contributed by atoms with Crippen molar-refractivity contribution in [2.45, 2.75) is 37.5 Å². The summed E-state index contributed by atoms with van der Waals surface area (Å²) in [6, 6.07) is 6.14. The molecular weight excluding hydrogens is 238 g/mol. The number of benzene rings is 1. The van der Waals surface area contributed by atoms with Gasteiger partial charge >= 0.3 is 5.97 Å². The van der Waals surface area contributed by atoms with Gasteiger partial charge in [0.05, 0.1) is 12.5 Å². The van der Waals surface area contributed by atoms with Crippen LogP contribution in [0.2, 0.25) is 0 Å². The highest BCUT2D eigenvalue weighted by Crippen LogP contribution is 2.50. The largest absolute Gasteiger partial charge is 0.468 e. The van der Waals surface area contributed by atoms with E-state index in [9.17, 15) is 13.6 Å². The van der Waals surface area contributed by atoms with Crippen LogP contribution in [0.3, 0.4) is 0 Å². The highest BCUT2D eigenvalue weighted by Gasteiger charge is 2.52. The first-order valence-electron chi connectivity index (χ1n) is 6.03. The average molecular weight is 254 g/mol. The Morgan fingerprint density at radius 1 is 1.44 bits per heavy atom. The summed E-state index contributed by atoms with van der Waals surface area (Å²) in [5.74, 6) is -3.18. The second-order valence-corrected chi connectivity index (χ2v) is 4.71. The molecule has 0 unspecified atom stereocenters. The molecule has 0 N–H and O–H groups in total. The summed E-state index contributed by atoms with van der Waals surface area (Å²) in [6.45, 7) is 1.44. The Morgan fingerprint density at radius 3 is 2.61 bits per heavy atom. The molecule has 0 atom stereocenters. The van der Waals surface area contributed by atoms with Crippen molar-refractivity contribution in [1.82, 2.24) is 0 Å². The predicted molar refractivity (Wildman–Crippen MR) is 63.6 cm³/mol. The molecule has 4 heteroatoms. The number of esters is 1. The third-order valence-corrected chi connectivity index (χ3v) is 3.61. The molecule has 2 rings (SSSR count). The van der Waals surface area contributed by atoms with E-state index in [1.54, 1.807) is 12.1 Å². The van der Waals surface area contributed by atoms with Crippen molar-refractivity contribution in [3.8, 4) is 0 Å². The van der Waals surface area contributed by atoms with Gasteiger partial charge in [-0.15, -0.1) is 0 Å². The molecule has 0 radical (unpaired) electrons. The number of rotatable bonds is 4. The van der Waals surface area contributed by atoms with Gasteiger partial charge in [-0.05, 0) is 24.5 Å². The zero-order valence-corrected chi connectivity index (χ0v) is 10.5. The minimum absolute atomic E-state index is 0.0299. The molecule has 1 aromatic rings. The van der Waals surface area contributed by atoms with E-state index in [-0.39, 0.29) is 18.0 Å². The predicted octanol–water partition coefficient (Wildman–Crippen LogP) is 3.39. The number of carbonyl (C=O) groups excluding carboxylic acids is 1. The van der Waals surface area contributed by atoms with Gasteiger partial charge in [0, 0.05) is 12.0 Å². The lowest BCUT2D eigenvalue weighted by atomic mass is 9.92. The smallest absolute Gasteiger partial charge is 0.316 e. The lowest BCUT2D eigenvalue weighted by Gasteiger charge is -2.18. The molecule has 18 heavy (non-hydrogen) atoms. The van der Waals surface area contributed by atoms with Crippen LogP contribution in [0, 0.1) is 0 Å². The molecule has 0 heterocycles. The fourth-order valence-corrected chi connectivity index (χ4v) is 2.18. The molecule has 1 aromatic carbocycles. The summed E-state index contributed by atoms with van der Waals surface area (Å²) in [6.07, 6.45) is 1.09. The molecule has 0 amide bonds. The summed E-state index contributed by atoms with van der Waals surface area (Å²) in [4.78, 5) is 11.7. The van der Waals surface area contributed by atoms with E-state index in [1.807, 2.05) is 0 Å². The maximum absolute atomic E-state index is 13.6. The molecule has 0 aromatic heterocycles. The normalized spacial score (nSPS) is 17.3. The average Bonchev–Trinajstić information content (AvgIpc) is 3.19. The van der Waals surface area contributed by atoms with Gasteiger partial charge in [-0.1, -0.05) is 25.1 Å². The van der Waals surface area contributed by atoms with Crippen molar-refractivity contribution < 1.29 is 18.3 Å². The SMILES string of the molecule is CCC(F)(F)c1cccc(C2(C(=O)OC)CC2)c1. The Kier molecular flexibility index (Phi) is 3.13. The topological polar surface area (TPSA) is 26.3 Å². The van der Waals surface area contributed by atoms with Gasteiger partial charge in [-0.2, -0.15) is 0 Å². The molecule has 1 aliphatic rings. The van der Waals surface area contributed by atoms with Crippen LogP contribution in [-0.4, -0.2) is 13.1 Å². The number of alkyl halides is 2. The van der Waals surface area contributed by atoms with Crippen LogP contribution in [0.25, 0.3) is 0 Å². The second-order valence-electron chi connectivity index (χ2n) is 4.71. The second kappa shape index (κ2) is 4.34. The number of halogens is 2. The molecule has 98 valence electrons. The van der Waals surface area contributed by atoms with Gasteiger partial charge in [-0.25, -0.2) is 8.78 Å². The van der Waals surface area contributed by atoms with Crippen LogP contribution in [0.1, 0.15) is 37.3 Å². The van der Waals surface area contributed by atoms with Crippen LogP contribution in [0.5, 0.6) is 0 Å². The van der Waals surface area contributed by atoms with E-state index in [1.165, 1.54) is 26.2 Å². The lowest BCUT2D eigenvalue weighted by Crippen LogP contribution is -2.22. The zero-order chi connectivity index (χ0) is 13.4. The standard InChI is InChI=1S/C14H16F2O2/c1-3-14(15,16)11-6-4-5-10(9-11)13(7-8-13)12(17)18-2/h4-6,9H,3,7-8H2,1-2H3. The summed E-state index contributed by atoms with van der Waals surface area (Å²) in [5, 5.41) is 0. The summed E-state index contributed by atoms with van der Waals surface area (Å²) in [5.41, 5.74) is -0.0770. The molecule has 1 fully saturated rings. The fourth-order valence-electron chi connectivity index (χ4n) is 2.18. The lowest BCUT2D eigenvalue weighted by molar-refractivity contribution is -0.143. The Balaban J connectivity index is 2.37. The first kappa shape index (κ1) is 13.0. The first-order valence-corrected chi connectivity index (χ1v) is 6.03. The van der Waals surface area contributed by atoms with Gasteiger partial charge in [-0.3, -0.25) is 4.79 Å². The Labute approximate surface area is 105 Å². The molecule has 0 saturated heterocycles. The zero-order valence-electron chi connectivity index (χ0n) is 10.5. The Morgan fingerprint density at radius 2 is 2.11 bits per heavy atom. The van der Waals surface area contributed by atoms with Crippen molar-refractivity contribution in [2.24, 2.45) is 0 Å². The Bertz CT molecular complexity index is 465. The monoisotopic (exact) mass is 254 g/mol. The van der Waals surface area contributed by atoms with Gasteiger partial charge in [0.25, 0.3) is 5.92 Å². The molecule has 0 spiro atoms. The van der Waals surface area contributed by atoms with Crippen LogP contribution < -0.4 is 0 Å². The van der Waals surface area contributed by atoms with Gasteiger partial charge in [0.15, 0.2) is 0 Å². The third kappa shape index (κ3) is 2.00. The van der Waals surface area contributed by atoms with E-state index in [4.69, 9.17) is 4.74 Å². The maximum Gasteiger partial charge on any atom is 0.316 e. The molecule has 2 nitrogen and oxygen atoms in total. The summed E-state index contributed by atoms with van der Waals surface area (Å²) >= 11 is 0. The van der Waals surface area contributed by atoms with Crippen LogP contribution in [0.15, 0.2) is 24.3 Å². The van der Waals surface area contributed by atoms with Crippen molar-refractivity contribution in [3.05, 3.63) is 35.4 Å². The first-order chi connectivity index (χ1) is 8.46. The van der Waals surface area contributed by atoms with E-state index in [2.05, 4.69) is 0 Å². The number of ether oxygens (including phenoxy) is 1. The van der Waals surface area contributed by atoms with E-state index in [0.717, 1.165) is 0 Å². The van der Waals surface area contributed by atoms with Crippen molar-refractivity contribution in [3.63, 3.8) is 0 Å². The quantitative estimate of drug-likeness (QED) is 0.770. The van der Waals surface area contributed by atoms with E-state index in [0.29, 0.717) is 18.4 Å². The summed E-state index contributed by atoms with van der Waals surface area (Å²) < 4.78 is 32.0. The maximum atomic E-state index is 13.6. The van der Waals surface area contributed by atoms with Gasteiger partial charge < -0.3 is 4.74 Å².